The molecular weight excluding hydrogens is 254 g/mol. The van der Waals surface area contributed by atoms with Crippen LogP contribution in [0.1, 0.15) is 12.2 Å². The minimum atomic E-state index is 0.257. The lowest BCUT2D eigenvalue weighted by Gasteiger charge is -2.12. The summed E-state index contributed by atoms with van der Waals surface area (Å²) in [6, 6.07) is 0. The number of nitrogen functional groups attached to an aromatic ring is 1. The number of rotatable bonds is 7. The number of aromatic nitrogens is 2. The van der Waals surface area contributed by atoms with Gasteiger partial charge in [0, 0.05) is 13.7 Å². The molecule has 1 aromatic rings. The van der Waals surface area contributed by atoms with Crippen molar-refractivity contribution in [2.75, 3.05) is 45.3 Å². The van der Waals surface area contributed by atoms with E-state index < -0.39 is 0 Å². The maximum absolute atomic E-state index is 5.94. The van der Waals surface area contributed by atoms with Gasteiger partial charge in [0.05, 0.1) is 0 Å². The van der Waals surface area contributed by atoms with Crippen LogP contribution in [0.15, 0.2) is 0 Å². The molecule has 0 bridgehead atoms. The Morgan fingerprint density at radius 1 is 1.39 bits per heavy atom. The molecule has 1 heterocycles. The lowest BCUT2D eigenvalue weighted by Crippen LogP contribution is -2.17. The molecule has 3 N–H and O–H groups in total. The van der Waals surface area contributed by atoms with E-state index in [-0.39, 0.29) is 5.15 Å². The Labute approximate surface area is 112 Å². The summed E-state index contributed by atoms with van der Waals surface area (Å²) in [4.78, 5) is 10.4. The summed E-state index contributed by atoms with van der Waals surface area (Å²) < 4.78 is 4.98. The Bertz CT molecular complexity index is 386. The fraction of sp³-hybridized carbons (Fsp3) is 0.636. The largest absolute Gasteiger partial charge is 0.393 e. The predicted molar refractivity (Wildman–Crippen MR) is 73.8 cm³/mol. The van der Waals surface area contributed by atoms with Gasteiger partial charge in [-0.3, -0.25) is 0 Å². The molecule has 0 aliphatic rings. The van der Waals surface area contributed by atoms with Crippen molar-refractivity contribution in [1.82, 2.24) is 14.9 Å². The van der Waals surface area contributed by atoms with Crippen LogP contribution in [-0.4, -0.2) is 49.2 Å². The first kappa shape index (κ1) is 14.9. The first-order chi connectivity index (χ1) is 8.54. The van der Waals surface area contributed by atoms with Crippen molar-refractivity contribution in [3.05, 3.63) is 11.0 Å². The van der Waals surface area contributed by atoms with Gasteiger partial charge < -0.3 is 20.7 Å². The lowest BCUT2D eigenvalue weighted by atomic mass is 10.4. The maximum atomic E-state index is 5.94. The Hall–Kier alpha value is -1.11. The number of nitrogens with two attached hydrogens (primary N) is 1. The summed E-state index contributed by atoms with van der Waals surface area (Å²) in [6.45, 7) is 2.09. The smallest absolute Gasteiger partial charge is 0.158 e. The fourth-order valence-electron chi connectivity index (χ4n) is 1.42. The Kier molecular flexibility index (Phi) is 6.11. The third kappa shape index (κ3) is 4.64. The van der Waals surface area contributed by atoms with Crippen LogP contribution in [0.4, 0.5) is 11.5 Å². The van der Waals surface area contributed by atoms with Crippen LogP contribution in [0.2, 0.25) is 5.15 Å². The van der Waals surface area contributed by atoms with Crippen molar-refractivity contribution in [3.63, 3.8) is 0 Å². The molecule has 7 heteroatoms. The van der Waals surface area contributed by atoms with Crippen LogP contribution < -0.4 is 11.1 Å². The molecule has 0 spiro atoms. The van der Waals surface area contributed by atoms with Crippen LogP contribution >= 0.6 is 11.6 Å². The summed E-state index contributed by atoms with van der Waals surface area (Å²) in [5, 5.41) is 3.42. The van der Waals surface area contributed by atoms with E-state index in [9.17, 15) is 0 Å². The summed E-state index contributed by atoms with van der Waals surface area (Å²) in [5.74, 6) is 1.09. The van der Waals surface area contributed by atoms with E-state index in [2.05, 4.69) is 20.2 Å². The number of hydrogen-bond acceptors (Lipinski definition) is 6. The van der Waals surface area contributed by atoms with E-state index in [4.69, 9.17) is 22.1 Å². The molecule has 0 saturated heterocycles. The highest BCUT2D eigenvalue weighted by molar-refractivity contribution is 6.32. The Morgan fingerprint density at radius 2 is 2.11 bits per heavy atom. The summed E-state index contributed by atoms with van der Waals surface area (Å²) in [6.07, 6.45) is 0.994. The number of nitrogens with zero attached hydrogens (tertiary/aromatic N) is 3. The second kappa shape index (κ2) is 7.35. The topological polar surface area (TPSA) is 76.3 Å². The number of halogens is 1. The van der Waals surface area contributed by atoms with Gasteiger partial charge in [-0.1, -0.05) is 11.6 Å². The van der Waals surface area contributed by atoms with Crippen molar-refractivity contribution in [1.29, 1.82) is 0 Å². The van der Waals surface area contributed by atoms with E-state index in [0.717, 1.165) is 19.5 Å². The van der Waals surface area contributed by atoms with E-state index in [1.807, 2.05) is 14.1 Å². The highest BCUT2D eigenvalue weighted by atomic mass is 35.5. The average molecular weight is 274 g/mol. The predicted octanol–water partition coefficient (Wildman–Crippen LogP) is 1.22. The minimum Gasteiger partial charge on any atom is -0.393 e. The van der Waals surface area contributed by atoms with Crippen molar-refractivity contribution in [2.24, 2.45) is 0 Å². The van der Waals surface area contributed by atoms with Crippen molar-refractivity contribution in [3.8, 4) is 0 Å². The molecule has 0 fully saturated rings. The van der Waals surface area contributed by atoms with Crippen molar-refractivity contribution in [2.45, 2.75) is 13.0 Å². The number of nitrogens with one attached hydrogen (secondary N) is 1. The molecule has 1 aromatic heterocycles. The minimum absolute atomic E-state index is 0.257. The fourth-order valence-corrected chi connectivity index (χ4v) is 1.60. The number of hydrogen-bond donors (Lipinski definition) is 2. The van der Waals surface area contributed by atoms with Gasteiger partial charge in [0.1, 0.15) is 12.3 Å². The SMILES string of the molecule is COCc1nc(Cl)c(N)c(NCCCN(C)C)n1. The zero-order valence-corrected chi connectivity index (χ0v) is 11.8. The van der Waals surface area contributed by atoms with Gasteiger partial charge >= 0.3 is 0 Å². The first-order valence-electron chi connectivity index (χ1n) is 5.74. The molecule has 1 rings (SSSR count). The molecule has 0 saturated carbocycles. The van der Waals surface area contributed by atoms with Crippen molar-refractivity contribution >= 4 is 23.1 Å². The molecule has 0 atom stereocenters. The third-order valence-corrected chi connectivity index (χ3v) is 2.58. The average Bonchev–Trinajstić information content (AvgIpc) is 2.30. The van der Waals surface area contributed by atoms with E-state index >= 15 is 0 Å². The van der Waals surface area contributed by atoms with Gasteiger partial charge in [-0.05, 0) is 27.1 Å². The number of anilines is 2. The Balaban J connectivity index is 2.63. The molecule has 0 aromatic carbocycles. The highest BCUT2D eigenvalue weighted by Crippen LogP contribution is 2.23. The molecule has 0 radical (unpaired) electrons. The molecule has 102 valence electrons. The second-order valence-electron chi connectivity index (χ2n) is 4.21. The molecular formula is C11H20ClN5O. The van der Waals surface area contributed by atoms with E-state index in [1.54, 1.807) is 7.11 Å². The number of ether oxygens (including phenoxy) is 1. The zero-order chi connectivity index (χ0) is 13.5. The van der Waals surface area contributed by atoms with Gasteiger partial charge in [-0.2, -0.15) is 0 Å². The molecule has 18 heavy (non-hydrogen) atoms. The molecule has 6 nitrogen and oxygen atoms in total. The van der Waals surface area contributed by atoms with Crippen LogP contribution in [-0.2, 0) is 11.3 Å². The van der Waals surface area contributed by atoms with E-state index in [1.165, 1.54) is 0 Å². The van der Waals surface area contributed by atoms with Gasteiger partial charge in [0.2, 0.25) is 0 Å². The van der Waals surface area contributed by atoms with Crippen LogP contribution in [0.5, 0.6) is 0 Å². The standard InChI is InChI=1S/C11H20ClN5O/c1-17(2)6-4-5-14-11-9(13)10(12)15-8(16-11)7-18-3/h4-7,13H2,1-3H3,(H,14,15,16). The van der Waals surface area contributed by atoms with E-state index in [0.29, 0.717) is 23.9 Å². The monoisotopic (exact) mass is 273 g/mol. The van der Waals surface area contributed by atoms with Crippen LogP contribution in [0.3, 0.4) is 0 Å². The summed E-state index contributed by atoms with van der Waals surface area (Å²) in [7, 11) is 5.65. The van der Waals surface area contributed by atoms with Gasteiger partial charge in [0.25, 0.3) is 0 Å². The summed E-state index contributed by atoms with van der Waals surface area (Å²) in [5.41, 5.74) is 6.20. The molecule has 0 amide bonds. The number of methoxy groups -OCH3 is 1. The van der Waals surface area contributed by atoms with Crippen molar-refractivity contribution < 1.29 is 4.74 Å². The van der Waals surface area contributed by atoms with Crippen LogP contribution in [0, 0.1) is 0 Å². The molecule has 0 unspecified atom stereocenters. The Morgan fingerprint density at radius 3 is 2.72 bits per heavy atom. The highest BCUT2D eigenvalue weighted by Gasteiger charge is 2.09. The summed E-state index contributed by atoms with van der Waals surface area (Å²) >= 11 is 5.94. The second-order valence-corrected chi connectivity index (χ2v) is 4.57. The van der Waals surface area contributed by atoms with Crippen LogP contribution in [0.25, 0.3) is 0 Å². The normalized spacial score (nSPS) is 10.9. The van der Waals surface area contributed by atoms with Gasteiger partial charge in [-0.25, -0.2) is 9.97 Å². The van der Waals surface area contributed by atoms with Gasteiger partial charge in [0.15, 0.2) is 16.8 Å². The van der Waals surface area contributed by atoms with Gasteiger partial charge in [-0.15, -0.1) is 0 Å². The molecule has 0 aliphatic heterocycles. The zero-order valence-electron chi connectivity index (χ0n) is 11.0. The first-order valence-corrected chi connectivity index (χ1v) is 6.11. The lowest BCUT2D eigenvalue weighted by molar-refractivity contribution is 0.178. The quantitative estimate of drug-likeness (QED) is 0.575. The molecule has 0 aliphatic carbocycles. The third-order valence-electron chi connectivity index (χ3n) is 2.29. The maximum Gasteiger partial charge on any atom is 0.158 e.